The summed E-state index contributed by atoms with van der Waals surface area (Å²) in [5.41, 5.74) is -0.0689. The average molecular weight is 269 g/mol. The van der Waals surface area contributed by atoms with Gasteiger partial charge in [0.1, 0.15) is 0 Å². The van der Waals surface area contributed by atoms with Crippen LogP contribution in [0.5, 0.6) is 0 Å². The third-order valence-corrected chi connectivity index (χ3v) is 1.86. The number of aliphatic hydroxyl groups excluding tert-OH is 1. The van der Waals surface area contributed by atoms with Crippen molar-refractivity contribution in [1.29, 1.82) is 0 Å². The van der Waals surface area contributed by atoms with Crippen LogP contribution >= 0.6 is 0 Å². The molecular weight excluding hydrogens is 254 g/mol. The van der Waals surface area contributed by atoms with Crippen molar-refractivity contribution >= 4 is 11.7 Å². The summed E-state index contributed by atoms with van der Waals surface area (Å²) in [7, 11) is 1.61. The number of nitro groups is 1. The van der Waals surface area contributed by atoms with Crippen molar-refractivity contribution in [2.45, 2.75) is 0 Å². The minimum Gasteiger partial charge on any atom is -0.478 e. The topological polar surface area (TPSA) is 110 Å². The van der Waals surface area contributed by atoms with Gasteiger partial charge in [-0.3, -0.25) is 10.1 Å². The zero-order valence-electron chi connectivity index (χ0n) is 10.4. The van der Waals surface area contributed by atoms with Crippen LogP contribution in [-0.2, 0) is 4.74 Å². The van der Waals surface area contributed by atoms with E-state index in [0.29, 0.717) is 6.61 Å². The number of hydrogen-bond acceptors (Lipinski definition) is 5. The summed E-state index contributed by atoms with van der Waals surface area (Å²) in [4.78, 5) is 19.9. The maximum Gasteiger partial charge on any atom is 0.335 e. The van der Waals surface area contributed by atoms with Crippen LogP contribution in [-0.4, -0.2) is 41.4 Å². The summed E-state index contributed by atoms with van der Waals surface area (Å²) >= 11 is 0. The first-order chi connectivity index (χ1) is 9.02. The van der Waals surface area contributed by atoms with Gasteiger partial charge in [0.2, 0.25) is 0 Å². The lowest BCUT2D eigenvalue weighted by atomic mass is 10.2. The number of nitro benzene ring substituents is 1. The van der Waals surface area contributed by atoms with E-state index in [1.165, 1.54) is 12.1 Å². The summed E-state index contributed by atoms with van der Waals surface area (Å²) in [6.07, 6.45) is 3.41. The van der Waals surface area contributed by atoms with Crippen molar-refractivity contribution in [3.63, 3.8) is 0 Å². The van der Waals surface area contributed by atoms with Crippen LogP contribution in [0.3, 0.4) is 0 Å². The van der Waals surface area contributed by atoms with Gasteiger partial charge < -0.3 is 14.9 Å². The highest BCUT2D eigenvalue weighted by atomic mass is 16.6. The number of benzene rings is 1. The molecule has 0 heterocycles. The first-order valence-corrected chi connectivity index (χ1v) is 5.25. The number of methoxy groups -OCH3 is 1. The maximum absolute atomic E-state index is 10.3. The molecule has 0 amide bonds. The predicted octanol–water partition coefficient (Wildman–Crippen LogP) is 1.47. The van der Waals surface area contributed by atoms with Gasteiger partial charge in [-0.15, -0.1) is 0 Å². The van der Waals surface area contributed by atoms with Gasteiger partial charge in [-0.1, -0.05) is 12.2 Å². The lowest BCUT2D eigenvalue weighted by Crippen LogP contribution is -1.96. The molecule has 104 valence electrons. The highest BCUT2D eigenvalue weighted by Crippen LogP contribution is 2.11. The molecule has 0 atom stereocenters. The number of rotatable bonds is 5. The minimum absolute atomic E-state index is 0.0422. The van der Waals surface area contributed by atoms with E-state index in [-0.39, 0.29) is 17.9 Å². The predicted molar refractivity (Wildman–Crippen MR) is 68.2 cm³/mol. The Labute approximate surface area is 109 Å². The van der Waals surface area contributed by atoms with Gasteiger partial charge in [0.15, 0.2) is 0 Å². The molecule has 1 aromatic rings. The number of hydrogen-bond donors (Lipinski definition) is 2. The smallest absolute Gasteiger partial charge is 0.335 e. The van der Waals surface area contributed by atoms with E-state index in [1.807, 2.05) is 0 Å². The van der Waals surface area contributed by atoms with Crippen molar-refractivity contribution in [2.24, 2.45) is 0 Å². The van der Waals surface area contributed by atoms with Crippen molar-refractivity contribution in [2.75, 3.05) is 20.3 Å². The molecule has 0 spiro atoms. The van der Waals surface area contributed by atoms with Crippen molar-refractivity contribution in [3.05, 3.63) is 52.1 Å². The fourth-order valence-electron chi connectivity index (χ4n) is 0.965. The van der Waals surface area contributed by atoms with E-state index in [2.05, 4.69) is 4.74 Å². The number of aliphatic hydroxyl groups is 1. The molecule has 0 radical (unpaired) electrons. The van der Waals surface area contributed by atoms with Crippen LogP contribution in [0.1, 0.15) is 10.4 Å². The Hall–Kier alpha value is -2.25. The van der Waals surface area contributed by atoms with E-state index >= 15 is 0 Å². The molecule has 0 aliphatic heterocycles. The van der Waals surface area contributed by atoms with E-state index in [4.69, 9.17) is 10.2 Å². The fourth-order valence-corrected chi connectivity index (χ4v) is 0.965. The molecule has 0 unspecified atom stereocenters. The van der Waals surface area contributed by atoms with Gasteiger partial charge in [0, 0.05) is 19.2 Å². The van der Waals surface area contributed by atoms with Crippen LogP contribution in [0.4, 0.5) is 5.69 Å². The molecule has 0 aromatic heterocycles. The Morgan fingerprint density at radius 1 is 1.37 bits per heavy atom. The molecule has 0 fully saturated rings. The van der Waals surface area contributed by atoms with Gasteiger partial charge in [0.25, 0.3) is 5.69 Å². The van der Waals surface area contributed by atoms with Crippen LogP contribution in [0, 0.1) is 10.1 Å². The third kappa shape index (κ3) is 7.63. The molecule has 0 aliphatic carbocycles. The van der Waals surface area contributed by atoms with Crippen LogP contribution in [0.2, 0.25) is 0 Å². The quantitative estimate of drug-likeness (QED) is 0.476. The normalized spacial score (nSPS) is 9.79. The summed E-state index contributed by atoms with van der Waals surface area (Å²) < 4.78 is 4.65. The van der Waals surface area contributed by atoms with Crippen LogP contribution < -0.4 is 0 Å². The molecule has 1 rings (SSSR count). The second kappa shape index (κ2) is 9.75. The van der Waals surface area contributed by atoms with Crippen LogP contribution in [0.15, 0.2) is 36.4 Å². The van der Waals surface area contributed by atoms with Gasteiger partial charge in [-0.25, -0.2) is 4.79 Å². The number of carboxylic acid groups (broad SMARTS) is 1. The molecular formula is C12H15NO6. The van der Waals surface area contributed by atoms with Crippen molar-refractivity contribution < 1.29 is 24.7 Å². The molecule has 1 aromatic carbocycles. The average Bonchev–Trinajstić information content (AvgIpc) is 2.40. The SMILES string of the molecule is COCC=CCO.O=C(O)c1ccc([N+](=O)[O-])cc1. The van der Waals surface area contributed by atoms with E-state index in [9.17, 15) is 14.9 Å². The Morgan fingerprint density at radius 2 is 1.95 bits per heavy atom. The zero-order chi connectivity index (χ0) is 14.7. The molecule has 0 aliphatic rings. The summed E-state index contributed by atoms with van der Waals surface area (Å²) in [6, 6.07) is 4.70. The molecule has 0 saturated heterocycles. The molecule has 2 N–H and O–H groups in total. The fraction of sp³-hybridized carbons (Fsp3) is 0.250. The molecule has 19 heavy (non-hydrogen) atoms. The van der Waals surface area contributed by atoms with Gasteiger partial charge in [-0.05, 0) is 12.1 Å². The Bertz CT molecular complexity index is 393. The van der Waals surface area contributed by atoms with E-state index < -0.39 is 10.9 Å². The molecule has 0 bridgehead atoms. The maximum atomic E-state index is 10.3. The first kappa shape index (κ1) is 16.8. The molecule has 0 saturated carbocycles. The summed E-state index contributed by atoms with van der Waals surface area (Å²) in [5, 5.41) is 26.7. The third-order valence-electron chi connectivity index (χ3n) is 1.86. The van der Waals surface area contributed by atoms with Gasteiger partial charge in [-0.2, -0.15) is 0 Å². The van der Waals surface area contributed by atoms with Crippen molar-refractivity contribution in [3.8, 4) is 0 Å². The lowest BCUT2D eigenvalue weighted by molar-refractivity contribution is -0.384. The number of carbonyl (C=O) groups is 1. The van der Waals surface area contributed by atoms with E-state index in [1.54, 1.807) is 19.3 Å². The number of nitrogens with zero attached hydrogens (tertiary/aromatic N) is 1. The first-order valence-electron chi connectivity index (χ1n) is 5.25. The number of non-ortho nitro benzene ring substituents is 1. The molecule has 7 nitrogen and oxygen atoms in total. The molecule has 7 heteroatoms. The largest absolute Gasteiger partial charge is 0.478 e. The summed E-state index contributed by atoms with van der Waals surface area (Å²) in [5.74, 6) is -1.09. The van der Waals surface area contributed by atoms with Gasteiger partial charge >= 0.3 is 5.97 Å². The monoisotopic (exact) mass is 269 g/mol. The Morgan fingerprint density at radius 3 is 2.32 bits per heavy atom. The number of carboxylic acids is 1. The summed E-state index contributed by atoms with van der Waals surface area (Å²) in [6.45, 7) is 0.684. The number of ether oxygens (including phenoxy) is 1. The standard InChI is InChI=1S/C7H5NO4.C5H10O2/c9-7(10)5-1-3-6(4-2-5)8(11)12;1-7-5-3-2-4-6/h1-4H,(H,9,10);2-3,6H,4-5H2,1H3. The lowest BCUT2D eigenvalue weighted by Gasteiger charge is -1.92. The second-order valence-corrected chi connectivity index (χ2v) is 3.22. The minimum atomic E-state index is -1.09. The Kier molecular flexibility index (Phi) is 8.59. The van der Waals surface area contributed by atoms with Crippen LogP contribution in [0.25, 0.3) is 0 Å². The van der Waals surface area contributed by atoms with Crippen molar-refractivity contribution in [1.82, 2.24) is 0 Å². The zero-order valence-corrected chi connectivity index (χ0v) is 10.4. The highest BCUT2D eigenvalue weighted by Gasteiger charge is 2.06. The Balaban J connectivity index is 0.000000399. The van der Waals surface area contributed by atoms with E-state index in [0.717, 1.165) is 12.1 Å². The second-order valence-electron chi connectivity index (χ2n) is 3.22. The highest BCUT2D eigenvalue weighted by molar-refractivity contribution is 5.87. The van der Waals surface area contributed by atoms with Gasteiger partial charge in [0.05, 0.1) is 23.7 Å². The number of aromatic carboxylic acids is 1.